The van der Waals surface area contributed by atoms with Crippen LogP contribution in [0.15, 0.2) is 36.0 Å². The molecule has 6 rings (SSSR count). The molecule has 4 aromatic rings. The molecule has 0 N–H and O–H groups in total. The topological polar surface area (TPSA) is 96.9 Å². The summed E-state index contributed by atoms with van der Waals surface area (Å²) in [5.41, 5.74) is 3.32. The number of hydrogen-bond donors (Lipinski definition) is 0. The van der Waals surface area contributed by atoms with Crippen molar-refractivity contribution in [1.29, 1.82) is 5.26 Å². The molecule has 1 saturated heterocycles. The number of aryl methyl sites for hydroxylation is 1. The molecule has 2 aliphatic rings. The highest BCUT2D eigenvalue weighted by molar-refractivity contribution is 7.17. The van der Waals surface area contributed by atoms with Gasteiger partial charge in [0.2, 0.25) is 4.96 Å². The third kappa shape index (κ3) is 4.51. The number of benzene rings is 1. The van der Waals surface area contributed by atoms with Crippen molar-refractivity contribution in [3.63, 3.8) is 0 Å². The largest absolute Gasteiger partial charge is 0.354 e. The highest BCUT2D eigenvalue weighted by atomic mass is 32.1. The van der Waals surface area contributed by atoms with Crippen LogP contribution in [0.1, 0.15) is 41.3 Å². The number of nitrogens with zero attached hydrogens (tertiary/aromatic N) is 9. The van der Waals surface area contributed by atoms with Crippen LogP contribution in [0.3, 0.4) is 0 Å². The van der Waals surface area contributed by atoms with Crippen LogP contribution in [-0.4, -0.2) is 81.2 Å². The Bertz CT molecular complexity index is 1700. The fourth-order valence-electron chi connectivity index (χ4n) is 5.69. The number of carbonyl (C=O) groups excluding carboxylic acids is 1. The Morgan fingerprint density at radius 3 is 2.61 bits per heavy atom. The minimum absolute atomic E-state index is 0.0208. The van der Waals surface area contributed by atoms with Gasteiger partial charge in [-0.05, 0) is 37.1 Å². The number of hydrogen-bond acceptors (Lipinski definition) is 9. The van der Waals surface area contributed by atoms with E-state index >= 15 is 0 Å². The maximum atomic E-state index is 13.5. The molecule has 0 aliphatic carbocycles. The van der Waals surface area contributed by atoms with E-state index in [1.54, 1.807) is 42.5 Å². The van der Waals surface area contributed by atoms with Crippen molar-refractivity contribution in [3.05, 3.63) is 57.4 Å². The van der Waals surface area contributed by atoms with E-state index < -0.39 is 0 Å². The Labute approximate surface area is 245 Å². The molecular formula is C28H30FN9OS2. The van der Waals surface area contributed by atoms with Gasteiger partial charge in [0.1, 0.15) is 33.6 Å². The number of halogens is 1. The quantitative estimate of drug-likeness (QED) is 0.301. The Morgan fingerprint density at radius 1 is 1.17 bits per heavy atom. The second kappa shape index (κ2) is 10.4. The van der Waals surface area contributed by atoms with Crippen molar-refractivity contribution in [2.24, 2.45) is 0 Å². The molecule has 2 amide bonds. The van der Waals surface area contributed by atoms with Crippen molar-refractivity contribution in [3.8, 4) is 17.3 Å². The van der Waals surface area contributed by atoms with Gasteiger partial charge in [-0.1, -0.05) is 35.7 Å². The number of rotatable bonds is 6. The van der Waals surface area contributed by atoms with Gasteiger partial charge in [0, 0.05) is 52.4 Å². The van der Waals surface area contributed by atoms with Crippen LogP contribution >= 0.6 is 22.7 Å². The van der Waals surface area contributed by atoms with E-state index in [-0.39, 0.29) is 23.9 Å². The van der Waals surface area contributed by atoms with Crippen molar-refractivity contribution in [1.82, 2.24) is 34.3 Å². The molecule has 1 fully saturated rings. The van der Waals surface area contributed by atoms with Crippen LogP contribution in [0.2, 0.25) is 0 Å². The van der Waals surface area contributed by atoms with Crippen LogP contribution in [-0.2, 0) is 6.42 Å². The fourth-order valence-corrected chi connectivity index (χ4v) is 7.57. The van der Waals surface area contributed by atoms with Gasteiger partial charge in [-0.25, -0.2) is 19.2 Å². The molecule has 2 unspecified atom stereocenters. The van der Waals surface area contributed by atoms with Crippen molar-refractivity contribution in [2.45, 2.75) is 38.3 Å². The minimum atomic E-state index is -0.338. The van der Waals surface area contributed by atoms with Gasteiger partial charge in [0.05, 0.1) is 11.6 Å². The highest BCUT2D eigenvalue weighted by Crippen LogP contribution is 2.46. The predicted octanol–water partition coefficient (Wildman–Crippen LogP) is 5.27. The number of fused-ring (bicyclic) bond motifs is 2. The summed E-state index contributed by atoms with van der Waals surface area (Å²) in [5, 5.41) is 16.5. The molecule has 5 heterocycles. The summed E-state index contributed by atoms with van der Waals surface area (Å²) in [6.45, 7) is 2.94. The summed E-state index contributed by atoms with van der Waals surface area (Å²) in [7, 11) is 7.32. The lowest BCUT2D eigenvalue weighted by Gasteiger charge is -2.33. The Balaban J connectivity index is 1.36. The third-order valence-corrected chi connectivity index (χ3v) is 9.75. The van der Waals surface area contributed by atoms with Crippen molar-refractivity contribution >= 4 is 44.6 Å². The zero-order chi connectivity index (χ0) is 29.0. The lowest BCUT2D eigenvalue weighted by molar-refractivity contribution is 0.115. The monoisotopic (exact) mass is 591 g/mol. The molecular weight excluding hydrogens is 562 g/mol. The number of thiazole rings is 1. The number of aromatic nitrogens is 4. The molecule has 0 bridgehead atoms. The number of amides is 2. The third-order valence-electron chi connectivity index (χ3n) is 7.69. The molecule has 3 aromatic heterocycles. The Hall–Kier alpha value is -4.02. The average Bonchev–Trinajstić information content (AvgIpc) is 3.77. The number of urea groups is 1. The first kappa shape index (κ1) is 27.2. The van der Waals surface area contributed by atoms with Gasteiger partial charge in [-0.2, -0.15) is 14.9 Å². The fraction of sp³-hybridized carbons (Fsp3) is 0.393. The van der Waals surface area contributed by atoms with E-state index in [1.807, 2.05) is 28.4 Å². The second-order valence-electron chi connectivity index (χ2n) is 10.4. The summed E-state index contributed by atoms with van der Waals surface area (Å²) in [6, 6.07) is 8.23. The van der Waals surface area contributed by atoms with Gasteiger partial charge >= 0.3 is 6.03 Å². The Kier molecular flexibility index (Phi) is 6.91. The normalized spacial score (nSPS) is 18.0. The zero-order valence-corrected chi connectivity index (χ0v) is 25.1. The van der Waals surface area contributed by atoms with E-state index in [2.05, 4.69) is 24.0 Å². The number of imidazole rings is 1. The van der Waals surface area contributed by atoms with Crippen LogP contribution in [0, 0.1) is 17.1 Å². The number of nitriles is 1. The van der Waals surface area contributed by atoms with E-state index in [4.69, 9.17) is 15.1 Å². The maximum Gasteiger partial charge on any atom is 0.320 e. The molecule has 212 valence electrons. The first-order valence-corrected chi connectivity index (χ1v) is 15.0. The molecule has 10 nitrogen and oxygen atoms in total. The van der Waals surface area contributed by atoms with Gasteiger partial charge in [0.15, 0.2) is 10.9 Å². The summed E-state index contributed by atoms with van der Waals surface area (Å²) in [6.07, 6.45) is 4.66. The van der Waals surface area contributed by atoms with E-state index in [0.29, 0.717) is 27.7 Å². The molecule has 0 saturated carbocycles. The van der Waals surface area contributed by atoms with Gasteiger partial charge in [-0.15, -0.1) is 0 Å². The van der Waals surface area contributed by atoms with Crippen LogP contribution in [0.4, 0.5) is 20.1 Å². The van der Waals surface area contributed by atoms with Crippen molar-refractivity contribution < 1.29 is 9.18 Å². The van der Waals surface area contributed by atoms with Gasteiger partial charge < -0.3 is 19.6 Å². The number of carbonyl (C=O) groups is 1. The number of anilines is 2. The SMILES string of the molecule is CCc1nc2sc(C3CC(N(C)C(=O)N(C)C)N4CCC=C34)nn2c1N(C)c1nc(-c2ccc(F)cc2)c(C#N)s1. The first-order valence-electron chi connectivity index (χ1n) is 13.4. The lowest BCUT2D eigenvalue weighted by atomic mass is 10.1. The standard InChI is InChI=1S/C28H30FN9OS2/c1-6-19-25(36(5)26-32-23(21(15-30)40-26)16-9-11-17(29)12-10-16)38-27(31-19)41-24(33-38)18-14-22(35(4)28(39)34(2)3)37-13-7-8-20(18)37/h8-12,18,22H,6-7,13-14H2,1-5H3. The van der Waals surface area contributed by atoms with Crippen molar-refractivity contribution in [2.75, 3.05) is 39.6 Å². The predicted molar refractivity (Wildman–Crippen MR) is 158 cm³/mol. The highest BCUT2D eigenvalue weighted by Gasteiger charge is 2.44. The summed E-state index contributed by atoms with van der Waals surface area (Å²) >= 11 is 2.86. The van der Waals surface area contributed by atoms with E-state index in [1.165, 1.54) is 29.2 Å². The minimum Gasteiger partial charge on any atom is -0.354 e. The van der Waals surface area contributed by atoms with Crippen LogP contribution in [0.25, 0.3) is 16.2 Å². The Morgan fingerprint density at radius 2 is 1.93 bits per heavy atom. The lowest BCUT2D eigenvalue weighted by Crippen LogP contribution is -2.48. The molecule has 0 spiro atoms. The first-order chi connectivity index (χ1) is 19.7. The zero-order valence-electron chi connectivity index (χ0n) is 23.5. The second-order valence-corrected chi connectivity index (χ2v) is 12.4. The summed E-state index contributed by atoms with van der Waals surface area (Å²) < 4.78 is 15.4. The summed E-state index contributed by atoms with van der Waals surface area (Å²) in [4.78, 5) is 31.4. The number of allylic oxidation sites excluding steroid dienone is 1. The molecule has 0 radical (unpaired) electrons. The molecule has 41 heavy (non-hydrogen) atoms. The van der Waals surface area contributed by atoms with Crippen LogP contribution < -0.4 is 4.90 Å². The summed E-state index contributed by atoms with van der Waals surface area (Å²) in [5.74, 6) is 0.542. The van der Waals surface area contributed by atoms with Gasteiger partial charge in [-0.3, -0.25) is 0 Å². The molecule has 1 aromatic carbocycles. The van der Waals surface area contributed by atoms with E-state index in [9.17, 15) is 14.4 Å². The average molecular weight is 592 g/mol. The van der Waals surface area contributed by atoms with Gasteiger partial charge in [0.25, 0.3) is 0 Å². The molecule has 2 aliphatic heterocycles. The smallest absolute Gasteiger partial charge is 0.320 e. The van der Waals surface area contributed by atoms with Crippen LogP contribution in [0.5, 0.6) is 0 Å². The van der Waals surface area contributed by atoms with E-state index in [0.717, 1.165) is 40.9 Å². The molecule has 13 heteroatoms. The maximum absolute atomic E-state index is 13.5. The molecule has 2 atom stereocenters.